The molecule has 0 aliphatic carbocycles. The van der Waals surface area contributed by atoms with E-state index in [1.165, 1.54) is 11.3 Å². The van der Waals surface area contributed by atoms with Crippen LogP contribution >= 0.6 is 11.3 Å². The molecule has 0 saturated carbocycles. The lowest BCUT2D eigenvalue weighted by Crippen LogP contribution is -2.45. The first kappa shape index (κ1) is 15.5. The van der Waals surface area contributed by atoms with E-state index < -0.39 is 21.1 Å². The number of carbonyl (C=O) groups excluding carboxylic acids is 2. The molecular formula is C14H18N2O4S2. The summed E-state index contributed by atoms with van der Waals surface area (Å²) >= 11 is 1.44. The van der Waals surface area contributed by atoms with Gasteiger partial charge in [-0.05, 0) is 24.3 Å². The van der Waals surface area contributed by atoms with Crippen molar-refractivity contribution in [3.63, 3.8) is 0 Å². The molecule has 1 aromatic heterocycles. The molecule has 2 aliphatic rings. The topological polar surface area (TPSA) is 83.6 Å². The molecule has 2 unspecified atom stereocenters. The quantitative estimate of drug-likeness (QED) is 0.858. The van der Waals surface area contributed by atoms with Crippen LogP contribution in [0, 0.1) is 0 Å². The van der Waals surface area contributed by atoms with E-state index in [4.69, 9.17) is 0 Å². The zero-order chi connectivity index (χ0) is 15.7. The molecule has 3 rings (SSSR count). The molecule has 2 atom stereocenters. The molecule has 0 spiro atoms. The smallest absolute Gasteiger partial charge is 0.245 e. The molecule has 3 heterocycles. The lowest BCUT2D eigenvalue weighted by molar-refractivity contribution is -0.134. The molecule has 6 nitrogen and oxygen atoms in total. The maximum atomic E-state index is 12.4. The average Bonchev–Trinajstić information content (AvgIpc) is 3.10. The Morgan fingerprint density at radius 3 is 2.77 bits per heavy atom. The van der Waals surface area contributed by atoms with Crippen molar-refractivity contribution in [3.8, 4) is 0 Å². The third kappa shape index (κ3) is 3.03. The molecule has 0 aromatic carbocycles. The summed E-state index contributed by atoms with van der Waals surface area (Å²) in [5, 5.41) is 4.00. The van der Waals surface area contributed by atoms with Crippen LogP contribution in [0.1, 0.15) is 29.4 Å². The van der Waals surface area contributed by atoms with Crippen LogP contribution < -0.4 is 5.32 Å². The molecule has 2 amide bonds. The highest BCUT2D eigenvalue weighted by molar-refractivity contribution is 7.91. The van der Waals surface area contributed by atoms with Gasteiger partial charge in [0.05, 0.1) is 11.0 Å². The van der Waals surface area contributed by atoms with Gasteiger partial charge in [0.15, 0.2) is 9.84 Å². The van der Waals surface area contributed by atoms with Crippen LogP contribution in [0.25, 0.3) is 0 Å². The molecular weight excluding hydrogens is 324 g/mol. The molecule has 1 N–H and O–H groups in total. The minimum Gasteiger partial charge on any atom is -0.344 e. The molecule has 1 aromatic rings. The van der Waals surface area contributed by atoms with Crippen LogP contribution in [-0.2, 0) is 19.4 Å². The number of rotatable bonds is 2. The normalized spacial score (nSPS) is 28.2. The van der Waals surface area contributed by atoms with Crippen molar-refractivity contribution in [3.05, 3.63) is 22.4 Å². The summed E-state index contributed by atoms with van der Waals surface area (Å²) in [6.45, 7) is 0.614. The zero-order valence-corrected chi connectivity index (χ0v) is 13.7. The van der Waals surface area contributed by atoms with Gasteiger partial charge in [-0.15, -0.1) is 11.3 Å². The second-order valence-corrected chi connectivity index (χ2v) is 8.93. The van der Waals surface area contributed by atoms with Crippen molar-refractivity contribution >= 4 is 33.0 Å². The maximum absolute atomic E-state index is 12.4. The lowest BCUT2D eigenvalue weighted by Gasteiger charge is -2.23. The first-order valence-electron chi connectivity index (χ1n) is 7.30. The van der Waals surface area contributed by atoms with Gasteiger partial charge in [0.2, 0.25) is 11.8 Å². The van der Waals surface area contributed by atoms with Crippen molar-refractivity contribution in [2.24, 2.45) is 0 Å². The average molecular weight is 342 g/mol. The van der Waals surface area contributed by atoms with Gasteiger partial charge in [-0.2, -0.15) is 0 Å². The largest absolute Gasteiger partial charge is 0.344 e. The minimum atomic E-state index is -3.25. The first-order valence-corrected chi connectivity index (χ1v) is 9.90. The number of thiophene rings is 1. The van der Waals surface area contributed by atoms with Gasteiger partial charge in [0.25, 0.3) is 0 Å². The Balaban J connectivity index is 1.73. The van der Waals surface area contributed by atoms with Crippen LogP contribution in [-0.4, -0.2) is 50.0 Å². The summed E-state index contributed by atoms with van der Waals surface area (Å²) in [5.41, 5.74) is 0. The Bertz CT molecular complexity index is 669. The van der Waals surface area contributed by atoms with E-state index in [1.54, 1.807) is 4.90 Å². The number of nitrogens with zero attached hydrogens (tertiary/aromatic N) is 1. The molecule has 2 aliphatic heterocycles. The predicted octanol–water partition coefficient (Wildman–Crippen LogP) is 0.715. The Hall–Kier alpha value is -1.41. The fourth-order valence-electron chi connectivity index (χ4n) is 2.98. The fraction of sp³-hybridized carbons (Fsp3) is 0.571. The summed E-state index contributed by atoms with van der Waals surface area (Å²) in [5.74, 6) is -0.299. The van der Waals surface area contributed by atoms with Gasteiger partial charge in [-0.3, -0.25) is 9.59 Å². The molecule has 8 heteroatoms. The summed E-state index contributed by atoms with van der Waals surface area (Å²) in [6.07, 6.45) is 1.27. The molecule has 22 heavy (non-hydrogen) atoms. The van der Waals surface area contributed by atoms with Crippen LogP contribution in [0.4, 0.5) is 0 Å². The molecule has 0 bridgehead atoms. The summed E-state index contributed by atoms with van der Waals surface area (Å²) in [6, 6.07) is 3.19. The fourth-order valence-corrected chi connectivity index (χ4v) is 5.98. The van der Waals surface area contributed by atoms with Crippen LogP contribution in [0.3, 0.4) is 0 Å². The first-order chi connectivity index (χ1) is 10.5. The van der Waals surface area contributed by atoms with Crippen LogP contribution in [0.2, 0.25) is 0 Å². The van der Waals surface area contributed by atoms with Gasteiger partial charge in [-0.25, -0.2) is 8.42 Å². The number of hydrogen-bond donors (Lipinski definition) is 1. The Kier molecular flexibility index (Phi) is 4.22. The van der Waals surface area contributed by atoms with Gasteiger partial charge in [0.1, 0.15) is 6.04 Å². The summed E-state index contributed by atoms with van der Waals surface area (Å²) < 4.78 is 24.9. The molecule has 120 valence electrons. The van der Waals surface area contributed by atoms with Gasteiger partial charge >= 0.3 is 0 Å². The van der Waals surface area contributed by atoms with E-state index in [9.17, 15) is 18.0 Å². The number of amides is 2. The monoisotopic (exact) mass is 342 g/mol. The molecule has 0 radical (unpaired) electrons. The number of nitrogens with one attached hydrogen (secondary N) is 1. The summed E-state index contributed by atoms with van der Waals surface area (Å²) in [7, 11) is -3.25. The number of carbonyl (C=O) groups is 2. The molecule has 2 fully saturated rings. The van der Waals surface area contributed by atoms with Gasteiger partial charge in [-0.1, -0.05) is 6.07 Å². The van der Waals surface area contributed by atoms with E-state index in [0.29, 0.717) is 25.8 Å². The van der Waals surface area contributed by atoms with Crippen LogP contribution in [0.5, 0.6) is 0 Å². The van der Waals surface area contributed by atoms with E-state index >= 15 is 0 Å². The number of hydrogen-bond acceptors (Lipinski definition) is 5. The second kappa shape index (κ2) is 6.00. The third-order valence-electron chi connectivity index (χ3n) is 4.21. The van der Waals surface area contributed by atoms with Crippen molar-refractivity contribution in [1.82, 2.24) is 10.2 Å². The summed E-state index contributed by atoms with van der Waals surface area (Å²) in [4.78, 5) is 26.1. The van der Waals surface area contributed by atoms with Gasteiger partial charge < -0.3 is 10.2 Å². The van der Waals surface area contributed by atoms with E-state index in [2.05, 4.69) is 5.32 Å². The van der Waals surface area contributed by atoms with Crippen molar-refractivity contribution < 1.29 is 18.0 Å². The molecule has 2 saturated heterocycles. The van der Waals surface area contributed by atoms with E-state index in [1.807, 2.05) is 17.5 Å². The highest BCUT2D eigenvalue weighted by Gasteiger charge is 2.36. The Morgan fingerprint density at radius 2 is 2.14 bits per heavy atom. The SMILES string of the molecule is O=C1CCC(C(=O)N2CCC(c3cccs3)S(=O)(=O)CC2)N1. The minimum absolute atomic E-state index is 0.0258. The van der Waals surface area contributed by atoms with E-state index in [0.717, 1.165) is 4.88 Å². The maximum Gasteiger partial charge on any atom is 0.245 e. The van der Waals surface area contributed by atoms with Crippen molar-refractivity contribution in [1.29, 1.82) is 0 Å². The lowest BCUT2D eigenvalue weighted by atomic mass is 10.2. The van der Waals surface area contributed by atoms with Crippen molar-refractivity contribution in [2.75, 3.05) is 18.8 Å². The van der Waals surface area contributed by atoms with E-state index in [-0.39, 0.29) is 24.1 Å². The van der Waals surface area contributed by atoms with Gasteiger partial charge in [0, 0.05) is 24.4 Å². The standard InChI is InChI=1S/C14H18N2O4S2/c17-13-4-3-10(15-13)14(18)16-6-5-12(11-2-1-8-21-11)22(19,20)9-7-16/h1-2,8,10,12H,3-7,9H2,(H,15,17). The Labute approximate surface area is 133 Å². The Morgan fingerprint density at radius 1 is 1.32 bits per heavy atom. The van der Waals surface area contributed by atoms with Crippen LogP contribution in [0.15, 0.2) is 17.5 Å². The highest BCUT2D eigenvalue weighted by Crippen LogP contribution is 2.32. The third-order valence-corrected chi connectivity index (χ3v) is 7.45. The number of sulfone groups is 1. The zero-order valence-electron chi connectivity index (χ0n) is 12.0. The predicted molar refractivity (Wildman–Crippen MR) is 83.2 cm³/mol. The second-order valence-electron chi connectivity index (χ2n) is 5.64. The highest BCUT2D eigenvalue weighted by atomic mass is 32.2. The van der Waals surface area contributed by atoms with Crippen molar-refractivity contribution in [2.45, 2.75) is 30.6 Å².